The van der Waals surface area contributed by atoms with E-state index in [2.05, 4.69) is 0 Å². The lowest BCUT2D eigenvalue weighted by Gasteiger charge is -2.26. The van der Waals surface area contributed by atoms with Gasteiger partial charge in [-0.2, -0.15) is 0 Å². The largest absolute Gasteiger partial charge is 0.481 e. The predicted molar refractivity (Wildman–Crippen MR) is 69.8 cm³/mol. The summed E-state index contributed by atoms with van der Waals surface area (Å²) in [6.07, 6.45) is -0.245. The molecule has 0 aliphatic rings. The van der Waals surface area contributed by atoms with E-state index < -0.39 is 23.5 Å². The zero-order chi connectivity index (χ0) is 15.4. The number of halogens is 3. The van der Waals surface area contributed by atoms with Crippen LogP contribution in [0, 0.1) is 11.6 Å². The fraction of sp³-hybridized carbons (Fsp3) is 0.385. The molecule has 4 nitrogen and oxygen atoms in total. The van der Waals surface area contributed by atoms with E-state index >= 15 is 0 Å². The minimum Gasteiger partial charge on any atom is -0.481 e. The van der Waals surface area contributed by atoms with Gasteiger partial charge in [-0.25, -0.2) is 8.78 Å². The van der Waals surface area contributed by atoms with Gasteiger partial charge in [0.05, 0.1) is 17.0 Å². The van der Waals surface area contributed by atoms with E-state index in [9.17, 15) is 18.4 Å². The highest BCUT2D eigenvalue weighted by molar-refractivity contribution is 6.33. The van der Waals surface area contributed by atoms with Crippen LogP contribution in [-0.2, 0) is 4.79 Å². The monoisotopic (exact) mass is 305 g/mol. The van der Waals surface area contributed by atoms with Crippen LogP contribution in [0.15, 0.2) is 12.1 Å². The summed E-state index contributed by atoms with van der Waals surface area (Å²) in [5.74, 6) is -4.02. The van der Waals surface area contributed by atoms with E-state index in [1.54, 1.807) is 13.8 Å². The zero-order valence-electron chi connectivity index (χ0n) is 11.0. The van der Waals surface area contributed by atoms with Crippen molar-refractivity contribution in [3.63, 3.8) is 0 Å². The Morgan fingerprint density at radius 1 is 1.30 bits per heavy atom. The van der Waals surface area contributed by atoms with E-state index in [0.29, 0.717) is 0 Å². The summed E-state index contributed by atoms with van der Waals surface area (Å²) in [6.45, 7) is 3.34. The number of aliphatic carboxylic acids is 1. The van der Waals surface area contributed by atoms with E-state index in [1.807, 2.05) is 0 Å². The number of rotatable bonds is 5. The third kappa shape index (κ3) is 3.90. The van der Waals surface area contributed by atoms with Gasteiger partial charge in [0.15, 0.2) is 11.6 Å². The summed E-state index contributed by atoms with van der Waals surface area (Å²) in [4.78, 5) is 24.1. The standard InChI is InChI=1S/C13H14ClF2NO3/c1-7(2)17(4-3-12(18)19)13(20)8-5-10(15)11(16)6-9(8)14/h5-7H,3-4H2,1-2H3,(H,18,19). The van der Waals surface area contributed by atoms with Crippen molar-refractivity contribution in [1.29, 1.82) is 0 Å². The van der Waals surface area contributed by atoms with E-state index in [0.717, 1.165) is 12.1 Å². The molecular weight excluding hydrogens is 292 g/mol. The van der Waals surface area contributed by atoms with Crippen LogP contribution in [0.1, 0.15) is 30.6 Å². The smallest absolute Gasteiger partial charge is 0.305 e. The minimum absolute atomic E-state index is 0.0405. The molecule has 0 unspecified atom stereocenters. The first kappa shape index (κ1) is 16.4. The van der Waals surface area contributed by atoms with Crippen molar-refractivity contribution in [3.8, 4) is 0 Å². The van der Waals surface area contributed by atoms with Gasteiger partial charge in [0.1, 0.15) is 0 Å². The van der Waals surface area contributed by atoms with Crippen molar-refractivity contribution in [2.24, 2.45) is 0 Å². The molecule has 1 rings (SSSR count). The Hall–Kier alpha value is -1.69. The summed E-state index contributed by atoms with van der Waals surface area (Å²) in [5.41, 5.74) is -0.190. The Morgan fingerprint density at radius 2 is 1.85 bits per heavy atom. The van der Waals surface area contributed by atoms with Crippen molar-refractivity contribution in [2.75, 3.05) is 6.54 Å². The van der Waals surface area contributed by atoms with Gasteiger partial charge in [0.25, 0.3) is 5.91 Å². The molecule has 0 heterocycles. The molecule has 110 valence electrons. The third-order valence-electron chi connectivity index (χ3n) is 2.69. The van der Waals surface area contributed by atoms with Crippen LogP contribution in [0.25, 0.3) is 0 Å². The normalized spacial score (nSPS) is 10.7. The van der Waals surface area contributed by atoms with Gasteiger partial charge in [-0.15, -0.1) is 0 Å². The molecule has 1 aromatic carbocycles. The molecular formula is C13H14ClF2NO3. The van der Waals surface area contributed by atoms with Crippen molar-refractivity contribution >= 4 is 23.5 Å². The summed E-state index contributed by atoms with van der Waals surface area (Å²) < 4.78 is 26.2. The number of carboxylic acids is 1. The fourth-order valence-corrected chi connectivity index (χ4v) is 1.88. The average molecular weight is 306 g/mol. The van der Waals surface area contributed by atoms with Crippen LogP contribution >= 0.6 is 11.6 Å². The zero-order valence-corrected chi connectivity index (χ0v) is 11.7. The van der Waals surface area contributed by atoms with Gasteiger partial charge in [-0.05, 0) is 26.0 Å². The Kier molecular flexibility index (Phi) is 5.44. The average Bonchev–Trinajstić information content (AvgIpc) is 2.32. The third-order valence-corrected chi connectivity index (χ3v) is 3.00. The lowest BCUT2D eigenvalue weighted by molar-refractivity contribution is -0.137. The van der Waals surface area contributed by atoms with Gasteiger partial charge < -0.3 is 10.0 Å². The van der Waals surface area contributed by atoms with Crippen LogP contribution in [0.2, 0.25) is 5.02 Å². The van der Waals surface area contributed by atoms with Gasteiger partial charge in [0, 0.05) is 12.6 Å². The molecule has 7 heteroatoms. The second-order valence-corrected chi connectivity index (χ2v) is 4.89. The molecule has 1 N–H and O–H groups in total. The van der Waals surface area contributed by atoms with Gasteiger partial charge in [-0.3, -0.25) is 9.59 Å². The van der Waals surface area contributed by atoms with Crippen LogP contribution in [-0.4, -0.2) is 34.5 Å². The molecule has 0 saturated carbocycles. The molecule has 0 radical (unpaired) electrons. The highest BCUT2D eigenvalue weighted by Gasteiger charge is 2.23. The van der Waals surface area contributed by atoms with Crippen molar-refractivity contribution in [3.05, 3.63) is 34.4 Å². The van der Waals surface area contributed by atoms with Gasteiger partial charge >= 0.3 is 5.97 Å². The number of carboxylic acid groups (broad SMARTS) is 1. The van der Waals surface area contributed by atoms with Crippen LogP contribution < -0.4 is 0 Å². The molecule has 0 saturated heterocycles. The van der Waals surface area contributed by atoms with Crippen LogP contribution in [0.5, 0.6) is 0 Å². The minimum atomic E-state index is -1.18. The van der Waals surface area contributed by atoms with E-state index in [-0.39, 0.29) is 29.6 Å². The number of benzene rings is 1. The molecule has 0 aromatic heterocycles. The second kappa shape index (κ2) is 6.65. The first-order valence-electron chi connectivity index (χ1n) is 5.91. The molecule has 20 heavy (non-hydrogen) atoms. The molecule has 0 aliphatic carbocycles. The number of carbonyl (C=O) groups excluding carboxylic acids is 1. The number of hydrogen-bond donors (Lipinski definition) is 1. The maximum absolute atomic E-state index is 13.2. The van der Waals surface area contributed by atoms with Crippen molar-refractivity contribution < 1.29 is 23.5 Å². The van der Waals surface area contributed by atoms with Gasteiger partial charge in [-0.1, -0.05) is 11.6 Å². The second-order valence-electron chi connectivity index (χ2n) is 4.48. The van der Waals surface area contributed by atoms with Crippen molar-refractivity contribution in [2.45, 2.75) is 26.3 Å². The molecule has 1 amide bonds. The predicted octanol–water partition coefficient (Wildman–Crippen LogP) is 2.94. The van der Waals surface area contributed by atoms with Crippen LogP contribution in [0.4, 0.5) is 8.78 Å². The lowest BCUT2D eigenvalue weighted by Crippen LogP contribution is -2.38. The molecule has 0 spiro atoms. The van der Waals surface area contributed by atoms with Crippen molar-refractivity contribution in [1.82, 2.24) is 4.90 Å². The quantitative estimate of drug-likeness (QED) is 0.851. The molecule has 1 aromatic rings. The number of carbonyl (C=O) groups is 2. The SMILES string of the molecule is CC(C)N(CCC(=O)O)C(=O)c1cc(F)c(F)cc1Cl. The lowest BCUT2D eigenvalue weighted by atomic mass is 10.1. The number of amides is 1. The summed E-state index contributed by atoms with van der Waals surface area (Å²) in [5, 5.41) is 8.44. The fourth-order valence-electron chi connectivity index (χ4n) is 1.65. The maximum atomic E-state index is 13.2. The van der Waals surface area contributed by atoms with E-state index in [1.165, 1.54) is 4.90 Å². The first-order valence-corrected chi connectivity index (χ1v) is 6.29. The summed E-state index contributed by atoms with van der Waals surface area (Å²) >= 11 is 5.74. The Bertz CT molecular complexity index is 535. The molecule has 0 bridgehead atoms. The molecule has 0 fully saturated rings. The van der Waals surface area contributed by atoms with Crippen LogP contribution in [0.3, 0.4) is 0 Å². The summed E-state index contributed by atoms with van der Waals surface area (Å²) in [7, 11) is 0. The molecule has 0 atom stereocenters. The number of nitrogens with zero attached hydrogens (tertiary/aromatic N) is 1. The maximum Gasteiger partial charge on any atom is 0.305 e. The number of hydrogen-bond acceptors (Lipinski definition) is 2. The van der Waals surface area contributed by atoms with Gasteiger partial charge in [0.2, 0.25) is 0 Å². The van der Waals surface area contributed by atoms with E-state index in [4.69, 9.17) is 16.7 Å². The first-order chi connectivity index (χ1) is 9.23. The highest BCUT2D eigenvalue weighted by Crippen LogP contribution is 2.22. The highest BCUT2D eigenvalue weighted by atomic mass is 35.5. The Labute approximate surface area is 119 Å². The summed E-state index contributed by atoms with van der Waals surface area (Å²) in [6, 6.07) is 1.14. The topological polar surface area (TPSA) is 57.6 Å². The molecule has 0 aliphatic heterocycles. The Balaban J connectivity index is 3.06. The Morgan fingerprint density at radius 3 is 2.35 bits per heavy atom.